The van der Waals surface area contributed by atoms with E-state index in [0.29, 0.717) is 27.6 Å². The first kappa shape index (κ1) is 14.0. The van der Waals surface area contributed by atoms with E-state index in [1.165, 1.54) is 0 Å². The van der Waals surface area contributed by atoms with Crippen molar-refractivity contribution in [2.24, 2.45) is 0 Å². The van der Waals surface area contributed by atoms with Gasteiger partial charge < -0.3 is 10.2 Å². The van der Waals surface area contributed by atoms with Crippen LogP contribution in [0.25, 0.3) is 0 Å². The van der Waals surface area contributed by atoms with Gasteiger partial charge >= 0.3 is 0 Å². The Hall–Kier alpha value is -1.38. The third-order valence-corrected chi connectivity index (χ3v) is 3.53. The minimum absolute atomic E-state index is 0.0456. The molecule has 2 rings (SSSR count). The van der Waals surface area contributed by atoms with Crippen molar-refractivity contribution in [1.29, 1.82) is 0 Å². The second-order valence-corrected chi connectivity index (χ2v) is 5.50. The third-order valence-electron chi connectivity index (χ3n) is 2.95. The quantitative estimate of drug-likeness (QED) is 0.849. The lowest BCUT2D eigenvalue weighted by molar-refractivity contribution is 0.463. The fourth-order valence-corrected chi connectivity index (χ4v) is 2.67. The Labute approximate surface area is 122 Å². The second-order valence-electron chi connectivity index (χ2n) is 4.69. The molecule has 0 spiro atoms. The summed E-state index contributed by atoms with van der Waals surface area (Å²) < 4.78 is 0. The molecule has 0 aromatic heterocycles. The smallest absolute Gasteiger partial charge is 0.137 e. The lowest BCUT2D eigenvalue weighted by atomic mass is 10.00. The molecule has 0 bridgehead atoms. The molecule has 0 aliphatic rings. The molecule has 2 aromatic carbocycles. The van der Waals surface area contributed by atoms with Crippen molar-refractivity contribution in [1.82, 2.24) is 0 Å². The van der Waals surface area contributed by atoms with E-state index in [1.54, 1.807) is 12.1 Å². The summed E-state index contributed by atoms with van der Waals surface area (Å²) in [6.45, 7) is 3.80. The van der Waals surface area contributed by atoms with E-state index in [-0.39, 0.29) is 11.5 Å². The van der Waals surface area contributed by atoms with Gasteiger partial charge in [-0.05, 0) is 37.1 Å². The van der Waals surface area contributed by atoms with E-state index < -0.39 is 0 Å². The van der Waals surface area contributed by atoms with Crippen molar-refractivity contribution in [2.45, 2.75) is 20.3 Å². The zero-order valence-corrected chi connectivity index (χ0v) is 12.2. The topological polar surface area (TPSA) is 40.5 Å². The van der Waals surface area contributed by atoms with Crippen molar-refractivity contribution in [3.05, 3.63) is 56.6 Å². The lowest BCUT2D eigenvalue weighted by Crippen LogP contribution is -1.93. The Morgan fingerprint density at radius 2 is 1.16 bits per heavy atom. The second kappa shape index (κ2) is 5.32. The van der Waals surface area contributed by atoms with E-state index in [9.17, 15) is 10.2 Å². The van der Waals surface area contributed by atoms with E-state index in [4.69, 9.17) is 23.2 Å². The molecule has 0 saturated carbocycles. The number of hydrogen-bond acceptors (Lipinski definition) is 2. The molecule has 0 saturated heterocycles. The molecule has 4 heteroatoms. The van der Waals surface area contributed by atoms with Crippen molar-refractivity contribution >= 4 is 23.2 Å². The average molecular weight is 297 g/mol. The molecular weight excluding hydrogens is 283 g/mol. The van der Waals surface area contributed by atoms with Gasteiger partial charge in [-0.1, -0.05) is 35.3 Å². The van der Waals surface area contributed by atoms with Gasteiger partial charge in [0.1, 0.15) is 11.5 Å². The van der Waals surface area contributed by atoms with Crippen LogP contribution in [0.3, 0.4) is 0 Å². The molecule has 0 aliphatic heterocycles. The summed E-state index contributed by atoms with van der Waals surface area (Å²) >= 11 is 11.9. The first-order valence-corrected chi connectivity index (χ1v) is 6.60. The molecule has 0 unspecified atom stereocenters. The number of rotatable bonds is 2. The van der Waals surface area contributed by atoms with E-state index >= 15 is 0 Å². The highest BCUT2D eigenvalue weighted by Gasteiger charge is 2.12. The van der Waals surface area contributed by atoms with Crippen LogP contribution in [0, 0.1) is 13.8 Å². The van der Waals surface area contributed by atoms with E-state index in [0.717, 1.165) is 11.1 Å². The predicted octanol–water partition coefficient (Wildman–Crippen LogP) is 4.61. The molecule has 0 fully saturated rings. The molecule has 0 atom stereocenters. The van der Waals surface area contributed by atoms with Gasteiger partial charge in [-0.3, -0.25) is 0 Å². The van der Waals surface area contributed by atoms with Gasteiger partial charge in [-0.15, -0.1) is 0 Å². The van der Waals surface area contributed by atoms with Gasteiger partial charge in [-0.2, -0.15) is 0 Å². The van der Waals surface area contributed by atoms with Crippen LogP contribution < -0.4 is 0 Å². The Kier molecular flexibility index (Phi) is 3.93. The molecule has 0 amide bonds. The van der Waals surface area contributed by atoms with Crippen molar-refractivity contribution in [2.75, 3.05) is 0 Å². The Morgan fingerprint density at radius 1 is 0.789 bits per heavy atom. The van der Waals surface area contributed by atoms with Crippen LogP contribution in [0.2, 0.25) is 10.0 Å². The molecule has 2 nitrogen and oxygen atoms in total. The fourth-order valence-electron chi connectivity index (χ4n) is 2.09. The molecule has 2 aromatic rings. The summed E-state index contributed by atoms with van der Waals surface area (Å²) in [4.78, 5) is 0. The van der Waals surface area contributed by atoms with Gasteiger partial charge in [0.2, 0.25) is 0 Å². The third kappa shape index (κ3) is 2.96. The number of phenolic OH excluding ortho intramolecular Hbond substituents is 2. The average Bonchev–Trinajstić information content (AvgIpc) is 2.31. The van der Waals surface area contributed by atoms with Gasteiger partial charge in [-0.25, -0.2) is 0 Å². The van der Waals surface area contributed by atoms with Crippen LogP contribution >= 0.6 is 23.2 Å². The maximum Gasteiger partial charge on any atom is 0.137 e. The molecule has 0 aliphatic carbocycles. The summed E-state index contributed by atoms with van der Waals surface area (Å²) in [7, 11) is 0. The first-order valence-electron chi connectivity index (χ1n) is 5.84. The van der Waals surface area contributed by atoms with Crippen LogP contribution in [0.1, 0.15) is 22.3 Å². The van der Waals surface area contributed by atoms with Crippen molar-refractivity contribution < 1.29 is 10.2 Å². The molecule has 0 heterocycles. The Morgan fingerprint density at radius 3 is 1.53 bits per heavy atom. The highest BCUT2D eigenvalue weighted by atomic mass is 35.5. The summed E-state index contributed by atoms with van der Waals surface area (Å²) in [5.74, 6) is 0.0913. The van der Waals surface area contributed by atoms with Crippen LogP contribution in [0.4, 0.5) is 0 Å². The van der Waals surface area contributed by atoms with Gasteiger partial charge in [0, 0.05) is 17.5 Å². The highest BCUT2D eigenvalue weighted by molar-refractivity contribution is 6.32. The number of aryl methyl sites for hydroxylation is 2. The van der Waals surface area contributed by atoms with Crippen LogP contribution in [0.15, 0.2) is 24.3 Å². The van der Waals surface area contributed by atoms with Crippen molar-refractivity contribution in [3.63, 3.8) is 0 Å². The summed E-state index contributed by atoms with van der Waals surface area (Å²) in [5.41, 5.74) is 3.25. The zero-order chi connectivity index (χ0) is 14.2. The van der Waals surface area contributed by atoms with Gasteiger partial charge in [0.05, 0.1) is 10.0 Å². The minimum atomic E-state index is 0.0456. The minimum Gasteiger partial charge on any atom is -0.506 e. The van der Waals surface area contributed by atoms with E-state index in [1.807, 2.05) is 26.0 Å². The van der Waals surface area contributed by atoms with Crippen LogP contribution in [-0.2, 0) is 6.42 Å². The summed E-state index contributed by atoms with van der Waals surface area (Å²) in [5, 5.41) is 20.6. The van der Waals surface area contributed by atoms with E-state index in [2.05, 4.69) is 0 Å². The molecule has 0 radical (unpaired) electrons. The van der Waals surface area contributed by atoms with Crippen LogP contribution in [-0.4, -0.2) is 10.2 Å². The van der Waals surface area contributed by atoms with Crippen LogP contribution in [0.5, 0.6) is 11.5 Å². The summed E-state index contributed by atoms with van der Waals surface area (Å²) in [6, 6.07) is 7.08. The molecular formula is C15H14Cl2O2. The highest BCUT2D eigenvalue weighted by Crippen LogP contribution is 2.35. The Bertz CT molecular complexity index is 581. The van der Waals surface area contributed by atoms with Gasteiger partial charge in [0.15, 0.2) is 0 Å². The summed E-state index contributed by atoms with van der Waals surface area (Å²) in [6.07, 6.45) is 0.375. The zero-order valence-electron chi connectivity index (χ0n) is 10.7. The fraction of sp³-hybridized carbons (Fsp3) is 0.200. The maximum absolute atomic E-state index is 9.97. The Balaban J connectivity index is 2.47. The normalized spacial score (nSPS) is 10.7. The number of benzene rings is 2. The standard InChI is InChI=1S/C15H14Cl2O2/c1-8-3-10(14(18)12(16)5-8)7-11-4-9(2)6-13(17)15(11)19/h3-6,18-19H,7H2,1-2H3. The number of aromatic hydroxyl groups is 2. The first-order chi connectivity index (χ1) is 8.88. The lowest BCUT2D eigenvalue weighted by Gasteiger charge is -2.11. The molecule has 2 N–H and O–H groups in total. The number of hydrogen-bond donors (Lipinski definition) is 2. The molecule has 100 valence electrons. The predicted molar refractivity (Wildman–Crippen MR) is 78.5 cm³/mol. The molecule has 19 heavy (non-hydrogen) atoms. The monoisotopic (exact) mass is 296 g/mol. The SMILES string of the molecule is Cc1cc(Cl)c(O)c(Cc2cc(C)cc(Cl)c2O)c1. The largest absolute Gasteiger partial charge is 0.506 e. The number of halogens is 2. The van der Waals surface area contributed by atoms with Gasteiger partial charge in [0.25, 0.3) is 0 Å². The maximum atomic E-state index is 9.97. The number of phenols is 2. The van der Waals surface area contributed by atoms with Crippen molar-refractivity contribution in [3.8, 4) is 11.5 Å².